The van der Waals surface area contributed by atoms with Crippen LogP contribution in [-0.4, -0.2) is 25.2 Å². The standard InChI is InChI=1S/C24H22F3N5O2/c1-4-31-19-11-6-5-10-18(19)29-22(31)15(3)28-23(34)21-20(33)12-14(2)32(30-21)17-9-7-8-16(13-17)24(25,26)27/h5-13,15H,4H2,1-3H3,(H,28,34). The Kier molecular flexibility index (Phi) is 5.99. The first kappa shape index (κ1) is 23.2. The van der Waals surface area contributed by atoms with Crippen LogP contribution < -0.4 is 10.7 Å². The van der Waals surface area contributed by atoms with Crippen LogP contribution in [0, 0.1) is 6.92 Å². The van der Waals surface area contributed by atoms with Gasteiger partial charge in [-0.2, -0.15) is 18.3 Å². The molecule has 10 heteroatoms. The van der Waals surface area contributed by atoms with Gasteiger partial charge in [0.15, 0.2) is 5.69 Å². The number of rotatable bonds is 5. The van der Waals surface area contributed by atoms with E-state index < -0.39 is 34.8 Å². The van der Waals surface area contributed by atoms with Crippen molar-refractivity contribution in [2.45, 2.75) is 39.5 Å². The minimum Gasteiger partial charge on any atom is -0.341 e. The van der Waals surface area contributed by atoms with Crippen molar-refractivity contribution in [3.63, 3.8) is 0 Å². The van der Waals surface area contributed by atoms with Gasteiger partial charge in [-0.05, 0) is 51.1 Å². The number of benzene rings is 2. The van der Waals surface area contributed by atoms with Gasteiger partial charge in [-0.1, -0.05) is 18.2 Å². The smallest absolute Gasteiger partial charge is 0.341 e. The maximum Gasteiger partial charge on any atom is 0.416 e. The highest BCUT2D eigenvalue weighted by atomic mass is 19.4. The van der Waals surface area contributed by atoms with Gasteiger partial charge in [-0.25, -0.2) is 9.67 Å². The number of carbonyl (C=O) groups excluding carboxylic acids is 1. The van der Waals surface area contributed by atoms with Crippen molar-refractivity contribution in [1.29, 1.82) is 0 Å². The van der Waals surface area contributed by atoms with E-state index in [4.69, 9.17) is 0 Å². The summed E-state index contributed by atoms with van der Waals surface area (Å²) in [6, 6.07) is 12.7. The summed E-state index contributed by atoms with van der Waals surface area (Å²) in [7, 11) is 0. The Bertz CT molecular complexity index is 1440. The van der Waals surface area contributed by atoms with Crippen LogP contribution >= 0.6 is 0 Å². The minimum atomic E-state index is -4.54. The Balaban J connectivity index is 1.68. The second-order valence-electron chi connectivity index (χ2n) is 7.86. The van der Waals surface area contributed by atoms with Crippen molar-refractivity contribution >= 4 is 16.9 Å². The fraction of sp³-hybridized carbons (Fsp3) is 0.250. The number of aryl methyl sites for hydroxylation is 2. The SMILES string of the molecule is CCn1c(C(C)NC(=O)c2nn(-c3cccc(C(F)(F)F)c3)c(C)cc2=O)nc2ccccc21. The first-order valence-electron chi connectivity index (χ1n) is 10.6. The number of fused-ring (bicyclic) bond motifs is 1. The first-order valence-corrected chi connectivity index (χ1v) is 10.6. The zero-order chi connectivity index (χ0) is 24.6. The molecule has 34 heavy (non-hydrogen) atoms. The highest BCUT2D eigenvalue weighted by molar-refractivity contribution is 5.92. The number of nitrogens with one attached hydrogen (secondary N) is 1. The van der Waals surface area contributed by atoms with Crippen LogP contribution in [0.3, 0.4) is 0 Å². The van der Waals surface area contributed by atoms with Crippen molar-refractivity contribution in [3.05, 3.63) is 87.6 Å². The minimum absolute atomic E-state index is 0.0854. The third-order valence-electron chi connectivity index (χ3n) is 5.48. The third kappa shape index (κ3) is 4.30. The van der Waals surface area contributed by atoms with Gasteiger partial charge in [0, 0.05) is 18.3 Å². The Morgan fingerprint density at radius 1 is 1.12 bits per heavy atom. The van der Waals surface area contributed by atoms with E-state index >= 15 is 0 Å². The molecule has 0 aliphatic carbocycles. The molecule has 4 rings (SSSR count). The zero-order valence-electron chi connectivity index (χ0n) is 18.7. The Labute approximate surface area is 192 Å². The lowest BCUT2D eigenvalue weighted by molar-refractivity contribution is -0.137. The molecule has 176 valence electrons. The average molecular weight is 469 g/mol. The van der Waals surface area contributed by atoms with E-state index in [1.54, 1.807) is 6.92 Å². The highest BCUT2D eigenvalue weighted by Crippen LogP contribution is 2.30. The fourth-order valence-electron chi connectivity index (χ4n) is 3.87. The molecule has 1 amide bonds. The number of para-hydroxylation sites is 2. The van der Waals surface area contributed by atoms with Crippen LogP contribution in [0.5, 0.6) is 0 Å². The molecule has 0 aliphatic rings. The van der Waals surface area contributed by atoms with Crippen LogP contribution in [-0.2, 0) is 12.7 Å². The molecule has 0 bridgehead atoms. The molecule has 4 aromatic rings. The summed E-state index contributed by atoms with van der Waals surface area (Å²) < 4.78 is 42.6. The van der Waals surface area contributed by atoms with E-state index in [1.807, 2.05) is 35.8 Å². The van der Waals surface area contributed by atoms with E-state index in [1.165, 1.54) is 25.1 Å². The van der Waals surface area contributed by atoms with Gasteiger partial charge in [0.1, 0.15) is 5.82 Å². The summed E-state index contributed by atoms with van der Waals surface area (Å²) in [5.74, 6) is -0.129. The van der Waals surface area contributed by atoms with Gasteiger partial charge in [-0.3, -0.25) is 9.59 Å². The zero-order valence-corrected chi connectivity index (χ0v) is 18.7. The van der Waals surface area contributed by atoms with E-state index in [-0.39, 0.29) is 5.69 Å². The van der Waals surface area contributed by atoms with Gasteiger partial charge in [0.2, 0.25) is 5.43 Å². The van der Waals surface area contributed by atoms with Crippen molar-refractivity contribution < 1.29 is 18.0 Å². The number of halogens is 3. The van der Waals surface area contributed by atoms with E-state index in [9.17, 15) is 22.8 Å². The maximum atomic E-state index is 13.1. The number of aromatic nitrogens is 4. The van der Waals surface area contributed by atoms with Crippen LogP contribution in [0.1, 0.15) is 47.5 Å². The molecule has 1 atom stereocenters. The predicted molar refractivity (Wildman–Crippen MR) is 121 cm³/mol. The van der Waals surface area contributed by atoms with Crippen LogP contribution in [0.2, 0.25) is 0 Å². The van der Waals surface area contributed by atoms with Crippen LogP contribution in [0.25, 0.3) is 16.7 Å². The monoisotopic (exact) mass is 469 g/mol. The number of amides is 1. The summed E-state index contributed by atoms with van der Waals surface area (Å²) >= 11 is 0. The molecule has 0 spiro atoms. The number of hydrogen-bond acceptors (Lipinski definition) is 4. The molecule has 2 aromatic heterocycles. The molecule has 0 aliphatic heterocycles. The van der Waals surface area contributed by atoms with Crippen molar-refractivity contribution in [1.82, 2.24) is 24.6 Å². The normalized spacial score (nSPS) is 12.6. The number of hydrogen-bond donors (Lipinski definition) is 1. The molecule has 2 aromatic carbocycles. The van der Waals surface area contributed by atoms with Crippen LogP contribution in [0.15, 0.2) is 59.4 Å². The van der Waals surface area contributed by atoms with Gasteiger partial charge in [0.05, 0.1) is 28.3 Å². The van der Waals surface area contributed by atoms with Gasteiger partial charge in [-0.15, -0.1) is 0 Å². The lowest BCUT2D eigenvalue weighted by Gasteiger charge is -2.16. The van der Waals surface area contributed by atoms with Gasteiger partial charge >= 0.3 is 6.18 Å². The topological polar surface area (TPSA) is 81.8 Å². The first-order chi connectivity index (χ1) is 16.1. The Morgan fingerprint density at radius 3 is 2.56 bits per heavy atom. The summed E-state index contributed by atoms with van der Waals surface area (Å²) in [5, 5.41) is 6.84. The number of imidazole rings is 1. The van der Waals surface area contributed by atoms with Crippen molar-refractivity contribution in [2.24, 2.45) is 0 Å². The predicted octanol–water partition coefficient (Wildman–Crippen LogP) is 4.42. The number of alkyl halides is 3. The highest BCUT2D eigenvalue weighted by Gasteiger charge is 2.31. The second-order valence-corrected chi connectivity index (χ2v) is 7.86. The largest absolute Gasteiger partial charge is 0.416 e. The quantitative estimate of drug-likeness (QED) is 0.469. The lowest BCUT2D eigenvalue weighted by atomic mass is 10.2. The summed E-state index contributed by atoms with van der Waals surface area (Å²) in [4.78, 5) is 30.1. The van der Waals surface area contributed by atoms with Gasteiger partial charge in [0.25, 0.3) is 5.91 Å². The molecule has 0 radical (unpaired) electrons. The molecule has 0 saturated heterocycles. The van der Waals surface area contributed by atoms with E-state index in [2.05, 4.69) is 15.4 Å². The summed E-state index contributed by atoms with van der Waals surface area (Å²) in [6.07, 6.45) is -4.54. The lowest BCUT2D eigenvalue weighted by Crippen LogP contribution is -2.34. The number of carbonyl (C=O) groups is 1. The summed E-state index contributed by atoms with van der Waals surface area (Å²) in [5.41, 5.74) is 0.164. The molecule has 0 saturated carbocycles. The maximum absolute atomic E-state index is 13.1. The van der Waals surface area contributed by atoms with Gasteiger partial charge < -0.3 is 9.88 Å². The second kappa shape index (κ2) is 8.77. The molecular formula is C24H22F3N5O2. The Hall–Kier alpha value is -3.95. The fourth-order valence-corrected chi connectivity index (χ4v) is 3.87. The van der Waals surface area contributed by atoms with E-state index in [0.717, 1.165) is 27.8 Å². The average Bonchev–Trinajstić information content (AvgIpc) is 3.17. The van der Waals surface area contributed by atoms with Crippen molar-refractivity contribution in [2.75, 3.05) is 0 Å². The molecule has 1 unspecified atom stereocenters. The number of nitrogens with zero attached hydrogens (tertiary/aromatic N) is 4. The third-order valence-corrected chi connectivity index (χ3v) is 5.48. The molecule has 0 fully saturated rings. The molecule has 2 heterocycles. The molecular weight excluding hydrogens is 447 g/mol. The van der Waals surface area contributed by atoms with E-state index in [0.29, 0.717) is 18.1 Å². The van der Waals surface area contributed by atoms with Crippen molar-refractivity contribution in [3.8, 4) is 5.69 Å². The molecule has 1 N–H and O–H groups in total. The molecule has 7 nitrogen and oxygen atoms in total. The Morgan fingerprint density at radius 2 is 1.85 bits per heavy atom. The summed E-state index contributed by atoms with van der Waals surface area (Å²) in [6.45, 7) is 5.86. The van der Waals surface area contributed by atoms with Crippen LogP contribution in [0.4, 0.5) is 13.2 Å².